The van der Waals surface area contributed by atoms with E-state index < -0.39 is 0 Å². The molecule has 0 amide bonds. The van der Waals surface area contributed by atoms with E-state index in [0.717, 1.165) is 76.4 Å². The molecule has 0 spiro atoms. The van der Waals surface area contributed by atoms with Crippen molar-refractivity contribution in [2.24, 2.45) is 0 Å². The van der Waals surface area contributed by atoms with Crippen molar-refractivity contribution in [3.05, 3.63) is 195 Å². The highest BCUT2D eigenvalue weighted by atomic mass is 32.2. The van der Waals surface area contributed by atoms with Gasteiger partial charge in [0.15, 0.2) is 23.3 Å². The molecule has 0 aliphatic heterocycles. The summed E-state index contributed by atoms with van der Waals surface area (Å²) in [5.41, 5.74) is 9.09. The quantitative estimate of drug-likeness (QED) is 0.129. The minimum Gasteiger partial charge on any atom is -0.456 e. The van der Waals surface area contributed by atoms with Crippen LogP contribution in [0.3, 0.4) is 0 Å². The molecule has 6 nitrogen and oxygen atoms in total. The maximum Gasteiger partial charge on any atom is 0.164 e. The third kappa shape index (κ3) is 7.44. The Morgan fingerprint density at radius 1 is 0.579 bits per heavy atom. The fourth-order valence-corrected chi connectivity index (χ4v) is 7.69. The first-order chi connectivity index (χ1) is 28.1. The molecular weight excluding hydrogens is 719 g/mol. The lowest BCUT2D eigenvalue weighted by Gasteiger charge is -2.12. The van der Waals surface area contributed by atoms with Gasteiger partial charge >= 0.3 is 0 Å². The molecule has 6 aromatic carbocycles. The number of rotatable bonds is 10. The van der Waals surface area contributed by atoms with Gasteiger partial charge in [-0.05, 0) is 60.0 Å². The average molecular weight is 754 g/mol. The topological polar surface area (TPSA) is 77.6 Å². The summed E-state index contributed by atoms with van der Waals surface area (Å²) in [7, 11) is 0. The predicted octanol–water partition coefficient (Wildman–Crippen LogP) is 13.2. The molecule has 0 aliphatic rings. The Morgan fingerprint density at radius 3 is 2.07 bits per heavy atom. The monoisotopic (exact) mass is 753 g/mol. The molecule has 0 saturated heterocycles. The normalized spacial score (nSPS) is 11.8. The smallest absolute Gasteiger partial charge is 0.164 e. The number of nitrogens with zero attached hydrogens (tertiary/aromatic N) is 5. The molecular formula is C50H35N5OS. The highest BCUT2D eigenvalue weighted by molar-refractivity contribution is 7.99. The van der Waals surface area contributed by atoms with Crippen molar-refractivity contribution in [3.8, 4) is 56.5 Å². The molecule has 57 heavy (non-hydrogen) atoms. The molecule has 0 bridgehead atoms. The molecule has 0 saturated carbocycles. The Labute approximate surface area is 335 Å². The molecule has 3 aromatic heterocycles. The molecule has 7 heteroatoms. The third-order valence-corrected chi connectivity index (χ3v) is 10.6. The van der Waals surface area contributed by atoms with Gasteiger partial charge in [-0.1, -0.05) is 158 Å². The van der Waals surface area contributed by atoms with Crippen LogP contribution in [0.15, 0.2) is 203 Å². The molecule has 0 N–H and O–H groups in total. The lowest BCUT2D eigenvalue weighted by molar-refractivity contribution is 0.669. The maximum absolute atomic E-state index is 6.62. The van der Waals surface area contributed by atoms with Gasteiger partial charge in [0.05, 0.1) is 10.6 Å². The first-order valence-electron chi connectivity index (χ1n) is 18.6. The second kappa shape index (κ2) is 15.9. The van der Waals surface area contributed by atoms with Crippen LogP contribution < -0.4 is 0 Å². The van der Waals surface area contributed by atoms with Gasteiger partial charge in [0.2, 0.25) is 0 Å². The van der Waals surface area contributed by atoms with Crippen LogP contribution in [0.4, 0.5) is 0 Å². The number of hydrogen-bond donors (Lipinski definition) is 0. The van der Waals surface area contributed by atoms with Gasteiger partial charge < -0.3 is 4.42 Å². The third-order valence-electron chi connectivity index (χ3n) is 9.58. The Balaban J connectivity index is 1.17. The minimum atomic E-state index is 0.566. The Bertz CT molecular complexity index is 2960. The van der Waals surface area contributed by atoms with Crippen molar-refractivity contribution in [1.82, 2.24) is 24.9 Å². The second-order valence-corrected chi connectivity index (χ2v) is 14.5. The van der Waals surface area contributed by atoms with Crippen LogP contribution in [-0.4, -0.2) is 24.9 Å². The second-order valence-electron chi connectivity index (χ2n) is 13.4. The SMILES string of the molecule is C=C/C=C\C=C(/C)c1nc(-c2ccccc2)nc(-c2cccc3oc4cc(-c5nc(-c6cccc(-c7ccccc7)c6)ncc5Sc5ccccc5)ccc4c23)n1. The summed E-state index contributed by atoms with van der Waals surface area (Å²) < 4.78 is 6.62. The Hall–Kier alpha value is -7.22. The van der Waals surface area contributed by atoms with Crippen LogP contribution in [0.2, 0.25) is 0 Å². The number of fused-ring (bicyclic) bond motifs is 3. The summed E-state index contributed by atoms with van der Waals surface area (Å²) >= 11 is 1.64. The van der Waals surface area contributed by atoms with E-state index in [4.69, 9.17) is 29.3 Å². The van der Waals surface area contributed by atoms with E-state index in [1.54, 1.807) is 17.8 Å². The summed E-state index contributed by atoms with van der Waals surface area (Å²) in [5, 5.41) is 1.89. The van der Waals surface area contributed by atoms with Crippen molar-refractivity contribution in [2.75, 3.05) is 0 Å². The zero-order valence-electron chi connectivity index (χ0n) is 31.1. The van der Waals surface area contributed by atoms with Gasteiger partial charge in [0.1, 0.15) is 11.2 Å². The van der Waals surface area contributed by atoms with E-state index in [1.807, 2.05) is 104 Å². The summed E-state index contributed by atoms with van der Waals surface area (Å²) in [6.07, 6.45) is 9.46. The highest BCUT2D eigenvalue weighted by Crippen LogP contribution is 2.41. The fourth-order valence-electron chi connectivity index (χ4n) is 6.78. The van der Waals surface area contributed by atoms with E-state index in [0.29, 0.717) is 23.3 Å². The van der Waals surface area contributed by atoms with E-state index in [-0.39, 0.29) is 0 Å². The lowest BCUT2D eigenvalue weighted by Crippen LogP contribution is -2.02. The van der Waals surface area contributed by atoms with Crippen molar-refractivity contribution >= 4 is 39.3 Å². The van der Waals surface area contributed by atoms with Crippen LogP contribution in [0.25, 0.3) is 84.1 Å². The van der Waals surface area contributed by atoms with Crippen molar-refractivity contribution in [3.63, 3.8) is 0 Å². The lowest BCUT2D eigenvalue weighted by atomic mass is 10.0. The number of furan rings is 1. The summed E-state index contributed by atoms with van der Waals surface area (Å²) in [4.78, 5) is 27.1. The molecule has 272 valence electrons. The highest BCUT2D eigenvalue weighted by Gasteiger charge is 2.20. The first-order valence-corrected chi connectivity index (χ1v) is 19.4. The van der Waals surface area contributed by atoms with Crippen molar-refractivity contribution < 1.29 is 4.42 Å². The van der Waals surface area contributed by atoms with Crippen LogP contribution in [0.1, 0.15) is 12.7 Å². The van der Waals surface area contributed by atoms with Crippen LogP contribution in [-0.2, 0) is 0 Å². The van der Waals surface area contributed by atoms with Gasteiger partial charge in [-0.15, -0.1) is 0 Å². The zero-order chi connectivity index (χ0) is 38.6. The fraction of sp³-hybridized carbons (Fsp3) is 0.0200. The van der Waals surface area contributed by atoms with E-state index >= 15 is 0 Å². The first kappa shape index (κ1) is 35.5. The summed E-state index contributed by atoms with van der Waals surface area (Å²) in [6, 6.07) is 51.3. The van der Waals surface area contributed by atoms with E-state index in [1.165, 1.54) is 0 Å². The maximum atomic E-state index is 6.62. The summed E-state index contributed by atoms with van der Waals surface area (Å²) in [6.45, 7) is 5.78. The molecule has 0 unspecified atom stereocenters. The van der Waals surface area contributed by atoms with Crippen molar-refractivity contribution in [1.29, 1.82) is 0 Å². The minimum absolute atomic E-state index is 0.566. The average Bonchev–Trinajstić information content (AvgIpc) is 3.66. The number of benzene rings is 6. The zero-order valence-corrected chi connectivity index (χ0v) is 31.9. The predicted molar refractivity (Wildman–Crippen MR) is 233 cm³/mol. The molecule has 0 atom stereocenters. The summed E-state index contributed by atoms with van der Waals surface area (Å²) in [5.74, 6) is 2.41. The van der Waals surface area contributed by atoms with Gasteiger partial charge in [-0.25, -0.2) is 24.9 Å². The number of hydrogen-bond acceptors (Lipinski definition) is 7. The molecule has 9 aromatic rings. The largest absolute Gasteiger partial charge is 0.456 e. The molecule has 9 rings (SSSR count). The van der Waals surface area contributed by atoms with Gasteiger partial charge in [0, 0.05) is 44.1 Å². The molecule has 3 heterocycles. The van der Waals surface area contributed by atoms with Gasteiger partial charge in [-0.3, -0.25) is 0 Å². The van der Waals surface area contributed by atoms with E-state index in [9.17, 15) is 0 Å². The molecule has 0 fully saturated rings. The Kier molecular flexibility index (Phi) is 9.88. The standard InChI is InChI=1S/C50H35N5OS/c1-3-4-8-17-33(2)47-53-49(35-20-11-6-12-21-35)55-50(54-47)41-26-16-27-42-45(41)40-29-28-37(31-43(40)56-42)46-44(57-39-24-13-7-14-25-39)32-51-48(52-46)38-23-15-22-36(30-38)34-18-9-5-10-19-34/h3-32H,1H2,2H3/b8-4-,33-17+. The van der Waals surface area contributed by atoms with Gasteiger partial charge in [-0.2, -0.15) is 0 Å². The van der Waals surface area contributed by atoms with Crippen molar-refractivity contribution in [2.45, 2.75) is 16.7 Å². The Morgan fingerprint density at radius 2 is 1.28 bits per heavy atom. The van der Waals surface area contributed by atoms with Crippen LogP contribution >= 0.6 is 11.8 Å². The van der Waals surface area contributed by atoms with Crippen LogP contribution in [0.5, 0.6) is 0 Å². The van der Waals surface area contributed by atoms with E-state index in [2.05, 4.69) is 85.4 Å². The van der Waals surface area contributed by atoms with Gasteiger partial charge in [0.25, 0.3) is 0 Å². The molecule has 0 radical (unpaired) electrons. The molecule has 0 aliphatic carbocycles. The number of aromatic nitrogens is 5. The number of allylic oxidation sites excluding steroid dienone is 5. The van der Waals surface area contributed by atoms with Crippen LogP contribution in [0, 0.1) is 0 Å².